The van der Waals surface area contributed by atoms with Crippen molar-refractivity contribution in [3.63, 3.8) is 0 Å². The lowest BCUT2D eigenvalue weighted by molar-refractivity contribution is 0.0929. The van der Waals surface area contributed by atoms with E-state index in [0.717, 1.165) is 31.2 Å². The molecule has 1 fully saturated rings. The molecule has 4 rings (SSSR count). The van der Waals surface area contributed by atoms with Gasteiger partial charge in [0, 0.05) is 18.8 Å². The monoisotopic (exact) mass is 381 g/mol. The fourth-order valence-corrected chi connectivity index (χ4v) is 3.65. The number of anilines is 1. The minimum absolute atomic E-state index is 0.123. The Morgan fingerprint density at radius 1 is 1.18 bits per heavy atom. The number of rotatable bonds is 6. The molecule has 1 saturated carbocycles. The molecule has 1 amide bonds. The van der Waals surface area contributed by atoms with Crippen molar-refractivity contribution < 1.29 is 9.18 Å². The summed E-state index contributed by atoms with van der Waals surface area (Å²) in [6.07, 6.45) is 8.97. The molecule has 3 aromatic rings. The smallest absolute Gasteiger partial charge is 0.256 e. The Labute approximate surface area is 163 Å². The van der Waals surface area contributed by atoms with Gasteiger partial charge in [-0.1, -0.05) is 43.5 Å². The van der Waals surface area contributed by atoms with Crippen LogP contribution in [0, 0.1) is 0 Å². The van der Waals surface area contributed by atoms with Crippen molar-refractivity contribution in [1.82, 2.24) is 19.9 Å². The fraction of sp³-hybridized carbons (Fsp3) is 0.381. The van der Waals surface area contributed by atoms with Gasteiger partial charge in [-0.15, -0.1) is 0 Å². The zero-order valence-corrected chi connectivity index (χ0v) is 15.7. The van der Waals surface area contributed by atoms with Crippen LogP contribution in [-0.4, -0.2) is 26.5 Å². The maximum Gasteiger partial charge on any atom is 0.256 e. The van der Waals surface area contributed by atoms with Gasteiger partial charge in [-0.05, 0) is 30.0 Å². The van der Waals surface area contributed by atoms with Crippen LogP contribution in [0.2, 0.25) is 0 Å². The van der Waals surface area contributed by atoms with Crippen LogP contribution in [0.25, 0.3) is 5.65 Å². The molecular formula is C21H24FN5O. The van der Waals surface area contributed by atoms with Crippen molar-refractivity contribution in [2.45, 2.75) is 51.4 Å². The molecule has 1 aliphatic rings. The lowest BCUT2D eigenvalue weighted by Crippen LogP contribution is -2.36. The summed E-state index contributed by atoms with van der Waals surface area (Å²) in [6.45, 7) is 0.0437. The molecule has 0 unspecified atom stereocenters. The first-order valence-electron chi connectivity index (χ1n) is 9.76. The summed E-state index contributed by atoms with van der Waals surface area (Å²) in [5.74, 6) is 0.521. The molecular weight excluding hydrogens is 357 g/mol. The van der Waals surface area contributed by atoms with Gasteiger partial charge in [-0.25, -0.2) is 13.9 Å². The van der Waals surface area contributed by atoms with Crippen molar-refractivity contribution in [3.05, 3.63) is 59.4 Å². The maximum absolute atomic E-state index is 12.8. The average molecular weight is 381 g/mol. The van der Waals surface area contributed by atoms with E-state index in [0.29, 0.717) is 29.1 Å². The number of hydrogen-bond acceptors (Lipinski definition) is 4. The van der Waals surface area contributed by atoms with E-state index >= 15 is 0 Å². The van der Waals surface area contributed by atoms with E-state index in [1.54, 1.807) is 23.0 Å². The Bertz CT molecular complexity index is 964. The van der Waals surface area contributed by atoms with Gasteiger partial charge in [0.25, 0.3) is 5.91 Å². The van der Waals surface area contributed by atoms with Crippen molar-refractivity contribution >= 4 is 17.4 Å². The molecule has 2 aromatic heterocycles. The molecule has 0 bridgehead atoms. The lowest BCUT2D eigenvalue weighted by Gasteiger charge is -2.22. The van der Waals surface area contributed by atoms with Crippen LogP contribution in [0.5, 0.6) is 0 Å². The van der Waals surface area contributed by atoms with E-state index in [1.807, 2.05) is 24.3 Å². The van der Waals surface area contributed by atoms with Gasteiger partial charge in [-0.2, -0.15) is 5.10 Å². The van der Waals surface area contributed by atoms with E-state index in [2.05, 4.69) is 20.7 Å². The highest BCUT2D eigenvalue weighted by atomic mass is 19.1. The molecule has 1 aromatic carbocycles. The van der Waals surface area contributed by atoms with Gasteiger partial charge in [0.1, 0.15) is 18.1 Å². The standard InChI is InChI=1S/C21H24FN5O/c22-12-15-5-4-6-16(11-15)13-23-19-9-10-27-20(26-19)18(14-24-27)21(28)25-17-7-2-1-3-8-17/h4-6,9-11,14,17H,1-3,7-8,12-13H2,(H,23,26)(H,25,28). The SMILES string of the molecule is O=C(NC1CCCCC1)c1cnn2ccc(NCc3cccc(CF)c3)nc12. The summed E-state index contributed by atoms with van der Waals surface area (Å²) in [6, 6.07) is 9.41. The van der Waals surface area contributed by atoms with Crippen LogP contribution in [0.3, 0.4) is 0 Å². The number of carbonyl (C=O) groups is 1. The minimum Gasteiger partial charge on any atom is -0.366 e. The Morgan fingerprint density at radius 3 is 2.82 bits per heavy atom. The highest BCUT2D eigenvalue weighted by Crippen LogP contribution is 2.19. The van der Waals surface area contributed by atoms with Gasteiger partial charge in [0.05, 0.1) is 6.20 Å². The number of carbonyl (C=O) groups excluding carboxylic acids is 1. The third kappa shape index (κ3) is 4.13. The van der Waals surface area contributed by atoms with E-state index < -0.39 is 6.67 Å². The highest BCUT2D eigenvalue weighted by Gasteiger charge is 2.20. The van der Waals surface area contributed by atoms with Gasteiger partial charge in [0.15, 0.2) is 5.65 Å². The highest BCUT2D eigenvalue weighted by molar-refractivity contribution is 5.99. The van der Waals surface area contributed by atoms with Gasteiger partial charge in [0.2, 0.25) is 0 Å². The van der Waals surface area contributed by atoms with E-state index in [4.69, 9.17) is 0 Å². The van der Waals surface area contributed by atoms with Crippen LogP contribution < -0.4 is 10.6 Å². The summed E-state index contributed by atoms with van der Waals surface area (Å²) in [4.78, 5) is 17.3. The summed E-state index contributed by atoms with van der Waals surface area (Å²) < 4.78 is 14.4. The predicted molar refractivity (Wildman–Crippen MR) is 106 cm³/mol. The topological polar surface area (TPSA) is 71.3 Å². The fourth-order valence-electron chi connectivity index (χ4n) is 3.65. The Morgan fingerprint density at radius 2 is 2.00 bits per heavy atom. The van der Waals surface area contributed by atoms with Crippen molar-refractivity contribution in [3.8, 4) is 0 Å². The third-order valence-electron chi connectivity index (χ3n) is 5.17. The zero-order valence-electron chi connectivity index (χ0n) is 15.7. The number of nitrogens with zero attached hydrogens (tertiary/aromatic N) is 3. The molecule has 146 valence electrons. The van der Waals surface area contributed by atoms with Crippen molar-refractivity contribution in [2.75, 3.05) is 5.32 Å². The molecule has 0 saturated heterocycles. The molecule has 7 heteroatoms. The van der Waals surface area contributed by atoms with Crippen LogP contribution in [0.4, 0.5) is 10.2 Å². The number of fused-ring (bicyclic) bond motifs is 1. The third-order valence-corrected chi connectivity index (χ3v) is 5.17. The molecule has 6 nitrogen and oxygen atoms in total. The van der Waals surface area contributed by atoms with E-state index in [1.165, 1.54) is 6.42 Å². The molecule has 0 radical (unpaired) electrons. The zero-order chi connectivity index (χ0) is 19.3. The number of nitrogens with one attached hydrogen (secondary N) is 2. The van der Waals surface area contributed by atoms with Crippen molar-refractivity contribution in [1.29, 1.82) is 0 Å². The van der Waals surface area contributed by atoms with Crippen molar-refractivity contribution in [2.24, 2.45) is 0 Å². The van der Waals surface area contributed by atoms with E-state index in [9.17, 15) is 9.18 Å². The number of benzene rings is 1. The first-order valence-corrected chi connectivity index (χ1v) is 9.76. The minimum atomic E-state index is -0.479. The Hall–Kier alpha value is -2.96. The summed E-state index contributed by atoms with van der Waals surface area (Å²) >= 11 is 0. The second kappa shape index (κ2) is 8.37. The lowest BCUT2D eigenvalue weighted by atomic mass is 9.95. The van der Waals surface area contributed by atoms with Crippen LogP contribution in [-0.2, 0) is 13.2 Å². The first kappa shape index (κ1) is 18.4. The second-order valence-corrected chi connectivity index (χ2v) is 7.25. The number of alkyl halides is 1. The van der Waals surface area contributed by atoms with Crippen LogP contribution in [0.15, 0.2) is 42.7 Å². The molecule has 0 spiro atoms. The molecule has 0 atom stereocenters. The Balaban J connectivity index is 1.48. The van der Waals surface area contributed by atoms with Crippen LogP contribution in [0.1, 0.15) is 53.6 Å². The molecule has 0 aliphatic heterocycles. The Kier molecular flexibility index (Phi) is 5.50. The first-order chi connectivity index (χ1) is 13.7. The molecule has 28 heavy (non-hydrogen) atoms. The molecule has 2 N–H and O–H groups in total. The quantitative estimate of drug-likeness (QED) is 0.680. The molecule has 2 heterocycles. The predicted octanol–water partition coefficient (Wildman–Crippen LogP) is 3.87. The average Bonchev–Trinajstić information content (AvgIpc) is 3.16. The summed E-state index contributed by atoms with van der Waals surface area (Å²) in [7, 11) is 0. The molecule has 1 aliphatic carbocycles. The summed E-state index contributed by atoms with van der Waals surface area (Å²) in [5.41, 5.74) is 2.63. The van der Waals surface area contributed by atoms with E-state index in [-0.39, 0.29) is 11.9 Å². The number of hydrogen-bond donors (Lipinski definition) is 2. The number of amides is 1. The largest absolute Gasteiger partial charge is 0.366 e. The summed E-state index contributed by atoms with van der Waals surface area (Å²) in [5, 5.41) is 10.6. The second-order valence-electron chi connectivity index (χ2n) is 7.25. The number of aromatic nitrogens is 3. The number of halogens is 1. The van der Waals surface area contributed by atoms with Crippen LogP contribution >= 0.6 is 0 Å². The van der Waals surface area contributed by atoms with Gasteiger partial charge in [-0.3, -0.25) is 4.79 Å². The van der Waals surface area contributed by atoms with Gasteiger partial charge >= 0.3 is 0 Å². The maximum atomic E-state index is 12.8. The van der Waals surface area contributed by atoms with Gasteiger partial charge < -0.3 is 10.6 Å². The normalized spacial score (nSPS) is 14.9.